The number of halogens is 1. The van der Waals surface area contributed by atoms with Gasteiger partial charge in [-0.15, -0.1) is 0 Å². The van der Waals surface area contributed by atoms with E-state index in [0.29, 0.717) is 36.5 Å². The SMILES string of the molecule is CS(=O)(=O)NC1CCN(c2noc(-c3ccc(Cl)cc3)c2C(=O)O)CC1. The molecule has 2 aromatic rings. The molecule has 1 aliphatic heterocycles. The van der Waals surface area contributed by atoms with Gasteiger partial charge in [-0.3, -0.25) is 0 Å². The molecule has 0 atom stereocenters. The Morgan fingerprint density at radius 2 is 1.92 bits per heavy atom. The van der Waals surface area contributed by atoms with Crippen molar-refractivity contribution in [2.75, 3.05) is 24.2 Å². The number of aromatic nitrogens is 1. The van der Waals surface area contributed by atoms with Gasteiger partial charge in [-0.1, -0.05) is 16.8 Å². The van der Waals surface area contributed by atoms with Crippen LogP contribution in [0, 0.1) is 0 Å². The minimum atomic E-state index is -3.27. The smallest absolute Gasteiger partial charge is 0.343 e. The number of carboxylic acid groups (broad SMARTS) is 1. The normalized spacial score (nSPS) is 16.0. The number of sulfonamides is 1. The number of aromatic carboxylic acids is 1. The fraction of sp³-hybridized carbons (Fsp3) is 0.375. The molecule has 0 spiro atoms. The van der Waals surface area contributed by atoms with Gasteiger partial charge in [-0.05, 0) is 37.1 Å². The summed E-state index contributed by atoms with van der Waals surface area (Å²) in [6.45, 7) is 0.945. The van der Waals surface area contributed by atoms with E-state index in [2.05, 4.69) is 9.88 Å². The Morgan fingerprint density at radius 3 is 2.46 bits per heavy atom. The molecule has 0 amide bonds. The number of piperidine rings is 1. The second-order valence-corrected chi connectivity index (χ2v) is 8.39. The summed E-state index contributed by atoms with van der Waals surface area (Å²) >= 11 is 5.87. The first-order chi connectivity index (χ1) is 12.2. The van der Waals surface area contributed by atoms with Crippen LogP contribution in [0.3, 0.4) is 0 Å². The van der Waals surface area contributed by atoms with Gasteiger partial charge in [0.15, 0.2) is 17.1 Å². The predicted octanol–water partition coefficient (Wildman–Crippen LogP) is 2.21. The Hall–Kier alpha value is -2.10. The Kier molecular flexibility index (Phi) is 5.22. The van der Waals surface area contributed by atoms with Crippen molar-refractivity contribution >= 4 is 33.4 Å². The third kappa shape index (κ3) is 4.17. The van der Waals surface area contributed by atoms with Crippen LogP contribution >= 0.6 is 11.6 Å². The van der Waals surface area contributed by atoms with E-state index in [-0.39, 0.29) is 23.2 Å². The summed E-state index contributed by atoms with van der Waals surface area (Å²) in [5, 5.41) is 14.1. The average molecular weight is 400 g/mol. The monoisotopic (exact) mass is 399 g/mol. The van der Waals surface area contributed by atoms with Crippen molar-refractivity contribution in [3.05, 3.63) is 34.9 Å². The lowest BCUT2D eigenvalue weighted by molar-refractivity contribution is 0.0697. The average Bonchev–Trinajstić information content (AvgIpc) is 3.00. The summed E-state index contributed by atoms with van der Waals surface area (Å²) in [5.41, 5.74) is 0.557. The number of rotatable bonds is 5. The summed E-state index contributed by atoms with van der Waals surface area (Å²) in [6, 6.07) is 6.46. The lowest BCUT2D eigenvalue weighted by atomic mass is 10.0. The molecule has 0 unspecified atom stereocenters. The first kappa shape index (κ1) is 18.7. The zero-order valence-electron chi connectivity index (χ0n) is 14.0. The number of hydrogen-bond donors (Lipinski definition) is 2. The van der Waals surface area contributed by atoms with Crippen molar-refractivity contribution in [2.24, 2.45) is 0 Å². The lowest BCUT2D eigenvalue weighted by Gasteiger charge is -2.32. The Balaban J connectivity index is 1.83. The lowest BCUT2D eigenvalue weighted by Crippen LogP contribution is -2.44. The van der Waals surface area contributed by atoms with Crippen LogP contribution in [0.1, 0.15) is 23.2 Å². The van der Waals surface area contributed by atoms with E-state index < -0.39 is 16.0 Å². The van der Waals surface area contributed by atoms with Gasteiger partial charge < -0.3 is 14.5 Å². The number of benzene rings is 1. The first-order valence-electron chi connectivity index (χ1n) is 7.96. The van der Waals surface area contributed by atoms with Gasteiger partial charge in [0.25, 0.3) is 0 Å². The van der Waals surface area contributed by atoms with Crippen molar-refractivity contribution in [1.82, 2.24) is 9.88 Å². The maximum atomic E-state index is 11.8. The molecule has 0 saturated carbocycles. The van der Waals surface area contributed by atoms with E-state index in [1.165, 1.54) is 0 Å². The van der Waals surface area contributed by atoms with Gasteiger partial charge in [0, 0.05) is 29.7 Å². The highest BCUT2D eigenvalue weighted by atomic mass is 35.5. The molecule has 2 N–H and O–H groups in total. The van der Waals surface area contributed by atoms with E-state index in [1.807, 2.05) is 0 Å². The van der Waals surface area contributed by atoms with Gasteiger partial charge >= 0.3 is 5.97 Å². The fourth-order valence-corrected chi connectivity index (χ4v) is 3.97. The van der Waals surface area contributed by atoms with Gasteiger partial charge in [-0.25, -0.2) is 17.9 Å². The summed E-state index contributed by atoms with van der Waals surface area (Å²) in [4.78, 5) is 13.6. The molecule has 8 nitrogen and oxygen atoms in total. The summed E-state index contributed by atoms with van der Waals surface area (Å²) in [5.74, 6) is -0.719. The predicted molar refractivity (Wildman–Crippen MR) is 97.1 cm³/mol. The van der Waals surface area contributed by atoms with Crippen LogP contribution in [-0.4, -0.2) is 50.0 Å². The van der Waals surface area contributed by atoms with Gasteiger partial charge in [0.05, 0.1) is 6.26 Å². The number of nitrogens with one attached hydrogen (secondary N) is 1. The zero-order valence-corrected chi connectivity index (χ0v) is 15.5. The molecular weight excluding hydrogens is 382 g/mol. The van der Waals surface area contributed by atoms with Crippen LogP contribution in [0.2, 0.25) is 5.02 Å². The number of nitrogens with zero attached hydrogens (tertiary/aromatic N) is 2. The number of carbonyl (C=O) groups is 1. The molecule has 0 radical (unpaired) electrons. The van der Waals surface area contributed by atoms with E-state index in [4.69, 9.17) is 16.1 Å². The van der Waals surface area contributed by atoms with Crippen LogP contribution in [0.15, 0.2) is 28.8 Å². The van der Waals surface area contributed by atoms with Crippen LogP contribution in [0.5, 0.6) is 0 Å². The molecule has 140 valence electrons. The minimum Gasteiger partial charge on any atom is -0.477 e. The van der Waals surface area contributed by atoms with E-state index in [0.717, 1.165) is 6.26 Å². The highest BCUT2D eigenvalue weighted by Gasteiger charge is 2.30. The topological polar surface area (TPSA) is 113 Å². The van der Waals surface area contributed by atoms with E-state index in [9.17, 15) is 18.3 Å². The Labute approximate surface area is 155 Å². The fourth-order valence-electron chi connectivity index (χ4n) is 3.00. The molecule has 1 fully saturated rings. The van der Waals surface area contributed by atoms with Gasteiger partial charge in [0.1, 0.15) is 0 Å². The molecule has 10 heteroatoms. The van der Waals surface area contributed by atoms with Crippen molar-refractivity contribution in [3.63, 3.8) is 0 Å². The summed E-state index contributed by atoms with van der Waals surface area (Å²) < 4.78 is 30.6. The molecule has 2 heterocycles. The van der Waals surface area contributed by atoms with Crippen molar-refractivity contribution in [2.45, 2.75) is 18.9 Å². The van der Waals surface area contributed by atoms with Crippen LogP contribution < -0.4 is 9.62 Å². The molecule has 26 heavy (non-hydrogen) atoms. The third-order valence-corrected chi connectivity index (χ3v) is 5.18. The van der Waals surface area contributed by atoms with Gasteiger partial charge in [0.2, 0.25) is 10.0 Å². The number of anilines is 1. The minimum absolute atomic E-state index is 0.0122. The molecular formula is C16H18ClN3O5S. The maximum Gasteiger partial charge on any atom is 0.343 e. The number of carboxylic acids is 1. The van der Waals surface area contributed by atoms with E-state index >= 15 is 0 Å². The Bertz CT molecular complexity index is 902. The van der Waals surface area contributed by atoms with Crippen molar-refractivity contribution < 1.29 is 22.8 Å². The largest absolute Gasteiger partial charge is 0.477 e. The quantitative estimate of drug-likeness (QED) is 0.792. The third-order valence-electron chi connectivity index (χ3n) is 4.17. The molecule has 0 bridgehead atoms. The molecule has 0 aliphatic carbocycles. The molecule has 1 aliphatic rings. The second-order valence-electron chi connectivity index (χ2n) is 6.17. The van der Waals surface area contributed by atoms with Crippen LogP contribution in [-0.2, 0) is 10.0 Å². The van der Waals surface area contributed by atoms with Gasteiger partial charge in [-0.2, -0.15) is 0 Å². The summed E-state index contributed by atoms with van der Waals surface area (Å²) in [6.07, 6.45) is 2.22. The second kappa shape index (κ2) is 7.26. The summed E-state index contributed by atoms with van der Waals surface area (Å²) in [7, 11) is -3.27. The Morgan fingerprint density at radius 1 is 1.31 bits per heavy atom. The molecule has 1 aromatic carbocycles. The zero-order chi connectivity index (χ0) is 18.9. The molecule has 1 aromatic heterocycles. The van der Waals surface area contributed by atoms with Crippen molar-refractivity contribution in [3.8, 4) is 11.3 Å². The standard InChI is InChI=1S/C16H18ClN3O5S/c1-26(23,24)19-12-6-8-20(9-7-12)15-13(16(21)22)14(25-18-15)10-2-4-11(17)5-3-10/h2-5,12,19H,6-9H2,1H3,(H,21,22). The van der Waals surface area contributed by atoms with Crippen molar-refractivity contribution in [1.29, 1.82) is 0 Å². The molecule has 1 saturated heterocycles. The first-order valence-corrected chi connectivity index (χ1v) is 10.2. The highest BCUT2D eigenvalue weighted by molar-refractivity contribution is 7.88. The maximum absolute atomic E-state index is 11.8. The number of hydrogen-bond acceptors (Lipinski definition) is 6. The highest BCUT2D eigenvalue weighted by Crippen LogP contribution is 2.33. The molecule has 3 rings (SSSR count). The van der Waals surface area contributed by atoms with Crippen LogP contribution in [0.4, 0.5) is 5.82 Å². The van der Waals surface area contributed by atoms with Crippen LogP contribution in [0.25, 0.3) is 11.3 Å². The van der Waals surface area contributed by atoms with E-state index in [1.54, 1.807) is 29.2 Å².